The molecule has 1 aromatic rings. The van der Waals surface area contributed by atoms with Gasteiger partial charge in [0.05, 0.1) is 0 Å². The average Bonchev–Trinajstić information content (AvgIpc) is 2.82. The molecular formula is C15H20N2OS. The quantitative estimate of drug-likeness (QED) is 0.848. The van der Waals surface area contributed by atoms with E-state index in [0.717, 1.165) is 30.7 Å². The van der Waals surface area contributed by atoms with Crippen LogP contribution in [-0.4, -0.2) is 23.4 Å². The largest absolute Gasteiger partial charge is 0.340 e. The van der Waals surface area contributed by atoms with E-state index in [1.54, 1.807) is 0 Å². The zero-order chi connectivity index (χ0) is 13.8. The Bertz CT molecular complexity index is 489. The number of hydrogen-bond acceptors (Lipinski definition) is 3. The number of rotatable bonds is 3. The number of nitrogens with zero attached hydrogens (tertiary/aromatic N) is 2. The van der Waals surface area contributed by atoms with E-state index >= 15 is 0 Å². The van der Waals surface area contributed by atoms with Crippen molar-refractivity contribution in [3.8, 4) is 6.07 Å². The molecule has 0 radical (unpaired) electrons. The van der Waals surface area contributed by atoms with E-state index in [0.29, 0.717) is 18.4 Å². The number of carbonyl (C=O) groups excluding carboxylic acids is 1. The van der Waals surface area contributed by atoms with Gasteiger partial charge < -0.3 is 4.90 Å². The first kappa shape index (κ1) is 14.1. The SMILES string of the molecule is CCC(C)N1CCCC(c2ccc(C#N)s2)CC1=O. The summed E-state index contributed by atoms with van der Waals surface area (Å²) in [6.45, 7) is 5.12. The van der Waals surface area contributed by atoms with E-state index in [-0.39, 0.29) is 5.91 Å². The molecule has 102 valence electrons. The fourth-order valence-electron chi connectivity index (χ4n) is 2.62. The lowest BCUT2D eigenvalue weighted by Gasteiger charge is -2.27. The van der Waals surface area contributed by atoms with Gasteiger partial charge in [-0.2, -0.15) is 5.26 Å². The van der Waals surface area contributed by atoms with Crippen molar-refractivity contribution in [3.05, 3.63) is 21.9 Å². The van der Waals surface area contributed by atoms with Crippen LogP contribution in [0.15, 0.2) is 12.1 Å². The van der Waals surface area contributed by atoms with E-state index in [1.807, 2.05) is 17.0 Å². The summed E-state index contributed by atoms with van der Waals surface area (Å²) >= 11 is 1.53. The first-order valence-corrected chi connectivity index (χ1v) is 7.76. The topological polar surface area (TPSA) is 44.1 Å². The predicted molar refractivity (Wildman–Crippen MR) is 77.1 cm³/mol. The summed E-state index contributed by atoms with van der Waals surface area (Å²) in [6, 6.07) is 6.39. The Morgan fingerprint density at radius 2 is 2.37 bits per heavy atom. The highest BCUT2D eigenvalue weighted by atomic mass is 32.1. The molecule has 1 amide bonds. The Hall–Kier alpha value is -1.34. The second-order valence-electron chi connectivity index (χ2n) is 5.20. The molecule has 0 N–H and O–H groups in total. The Labute approximate surface area is 118 Å². The maximum atomic E-state index is 12.3. The van der Waals surface area contributed by atoms with Crippen molar-refractivity contribution in [1.82, 2.24) is 4.90 Å². The van der Waals surface area contributed by atoms with Gasteiger partial charge in [-0.15, -0.1) is 11.3 Å². The van der Waals surface area contributed by atoms with Crippen molar-refractivity contribution < 1.29 is 4.79 Å². The molecule has 0 aliphatic carbocycles. The van der Waals surface area contributed by atoms with Crippen LogP contribution in [-0.2, 0) is 4.79 Å². The van der Waals surface area contributed by atoms with Gasteiger partial charge >= 0.3 is 0 Å². The van der Waals surface area contributed by atoms with Gasteiger partial charge in [-0.1, -0.05) is 6.92 Å². The molecule has 2 rings (SSSR count). The van der Waals surface area contributed by atoms with Crippen LogP contribution in [0.4, 0.5) is 0 Å². The van der Waals surface area contributed by atoms with Crippen LogP contribution >= 0.6 is 11.3 Å². The molecule has 2 heterocycles. The average molecular weight is 276 g/mol. The minimum absolute atomic E-state index is 0.267. The zero-order valence-corrected chi connectivity index (χ0v) is 12.4. The van der Waals surface area contributed by atoms with Crippen LogP contribution < -0.4 is 0 Å². The van der Waals surface area contributed by atoms with Gasteiger partial charge in [0.1, 0.15) is 10.9 Å². The molecule has 1 aliphatic rings. The molecule has 2 unspecified atom stereocenters. The van der Waals surface area contributed by atoms with Crippen LogP contribution in [0.5, 0.6) is 0 Å². The second kappa shape index (κ2) is 6.21. The molecular weight excluding hydrogens is 256 g/mol. The lowest BCUT2D eigenvalue weighted by atomic mass is 9.99. The van der Waals surface area contributed by atoms with E-state index in [2.05, 4.69) is 19.9 Å². The Kier molecular flexibility index (Phi) is 4.60. The second-order valence-corrected chi connectivity index (χ2v) is 6.32. The predicted octanol–water partition coefficient (Wildman–Crippen LogP) is 3.51. The smallest absolute Gasteiger partial charge is 0.223 e. The lowest BCUT2D eigenvalue weighted by Crippen LogP contribution is -2.38. The zero-order valence-electron chi connectivity index (χ0n) is 11.6. The highest BCUT2D eigenvalue weighted by Gasteiger charge is 2.27. The van der Waals surface area contributed by atoms with Gasteiger partial charge in [0, 0.05) is 29.8 Å². The number of likely N-dealkylation sites (tertiary alicyclic amines) is 1. The standard InChI is InChI=1S/C15H20N2OS/c1-3-11(2)17-8-4-5-12(9-15(17)18)14-7-6-13(10-16)19-14/h6-7,11-12H,3-5,8-9H2,1-2H3. The van der Waals surface area contributed by atoms with Gasteiger partial charge in [0.15, 0.2) is 0 Å². The van der Waals surface area contributed by atoms with Crippen LogP contribution in [0, 0.1) is 11.3 Å². The highest BCUT2D eigenvalue weighted by molar-refractivity contribution is 7.12. The van der Waals surface area contributed by atoms with Gasteiger partial charge in [-0.05, 0) is 38.3 Å². The minimum atomic E-state index is 0.267. The van der Waals surface area contributed by atoms with Crippen molar-refractivity contribution in [2.75, 3.05) is 6.54 Å². The molecule has 2 atom stereocenters. The van der Waals surface area contributed by atoms with Gasteiger partial charge in [-0.3, -0.25) is 4.79 Å². The number of amides is 1. The van der Waals surface area contributed by atoms with Gasteiger partial charge in [-0.25, -0.2) is 0 Å². The number of carbonyl (C=O) groups is 1. The maximum absolute atomic E-state index is 12.3. The summed E-state index contributed by atoms with van der Waals surface area (Å²) in [6.07, 6.45) is 3.70. The minimum Gasteiger partial charge on any atom is -0.340 e. The molecule has 0 aromatic carbocycles. The normalized spacial score (nSPS) is 21.8. The summed E-state index contributed by atoms with van der Waals surface area (Å²) < 4.78 is 0. The third-order valence-corrected chi connectivity index (χ3v) is 5.11. The van der Waals surface area contributed by atoms with E-state index in [4.69, 9.17) is 5.26 Å². The summed E-state index contributed by atoms with van der Waals surface area (Å²) in [7, 11) is 0. The first-order chi connectivity index (χ1) is 9.15. The van der Waals surface area contributed by atoms with E-state index in [1.165, 1.54) is 16.2 Å². The molecule has 19 heavy (non-hydrogen) atoms. The molecule has 0 bridgehead atoms. The van der Waals surface area contributed by atoms with Crippen LogP contribution in [0.3, 0.4) is 0 Å². The van der Waals surface area contributed by atoms with Crippen LogP contribution in [0.1, 0.15) is 55.2 Å². The molecule has 1 aromatic heterocycles. The number of thiophene rings is 1. The Balaban J connectivity index is 2.10. The molecule has 1 saturated heterocycles. The molecule has 0 saturated carbocycles. The molecule has 3 nitrogen and oxygen atoms in total. The summed E-state index contributed by atoms with van der Waals surface area (Å²) in [5, 5.41) is 8.89. The fraction of sp³-hybridized carbons (Fsp3) is 0.600. The van der Waals surface area contributed by atoms with Crippen LogP contribution in [0.2, 0.25) is 0 Å². The Morgan fingerprint density at radius 1 is 1.58 bits per heavy atom. The van der Waals surface area contributed by atoms with Crippen molar-refractivity contribution >= 4 is 17.2 Å². The van der Waals surface area contributed by atoms with Crippen molar-refractivity contribution in [3.63, 3.8) is 0 Å². The third kappa shape index (κ3) is 3.16. The van der Waals surface area contributed by atoms with E-state index < -0.39 is 0 Å². The molecule has 1 fully saturated rings. The number of hydrogen-bond donors (Lipinski definition) is 0. The monoisotopic (exact) mass is 276 g/mol. The third-order valence-electron chi connectivity index (χ3n) is 3.96. The van der Waals surface area contributed by atoms with Gasteiger partial charge in [0.2, 0.25) is 5.91 Å². The van der Waals surface area contributed by atoms with Gasteiger partial charge in [0.25, 0.3) is 0 Å². The Morgan fingerprint density at radius 3 is 3.00 bits per heavy atom. The van der Waals surface area contributed by atoms with Crippen molar-refractivity contribution in [2.24, 2.45) is 0 Å². The summed E-state index contributed by atoms with van der Waals surface area (Å²) in [5.74, 6) is 0.567. The summed E-state index contributed by atoms with van der Waals surface area (Å²) in [4.78, 5) is 16.3. The first-order valence-electron chi connectivity index (χ1n) is 6.95. The molecule has 4 heteroatoms. The number of nitriles is 1. The molecule has 1 aliphatic heterocycles. The van der Waals surface area contributed by atoms with Crippen LogP contribution in [0.25, 0.3) is 0 Å². The summed E-state index contributed by atoms with van der Waals surface area (Å²) in [5.41, 5.74) is 0. The van der Waals surface area contributed by atoms with E-state index in [9.17, 15) is 4.79 Å². The van der Waals surface area contributed by atoms with Crippen molar-refractivity contribution in [1.29, 1.82) is 5.26 Å². The highest BCUT2D eigenvalue weighted by Crippen LogP contribution is 2.33. The lowest BCUT2D eigenvalue weighted by molar-refractivity contribution is -0.132. The van der Waals surface area contributed by atoms with Crippen molar-refractivity contribution in [2.45, 2.75) is 51.5 Å². The maximum Gasteiger partial charge on any atom is 0.223 e. The fourth-order valence-corrected chi connectivity index (χ4v) is 3.56. The molecule has 0 spiro atoms.